The van der Waals surface area contributed by atoms with Gasteiger partial charge < -0.3 is 10.6 Å². The highest BCUT2D eigenvalue weighted by Gasteiger charge is 2.11. The standard InChI is InChI=1S/C18H11N5O/c19-9-13-5-1-3-7-16(13)22-12-15(11-21)18(24)23-17-8-4-2-6-14(17)10-20/h1-8,12,22H,(H,23,24)/b15-12-. The molecule has 6 heteroatoms. The SMILES string of the molecule is N#C/C(=C/Nc1ccccc1C#N)C(=O)Nc1ccccc1C#N. The lowest BCUT2D eigenvalue weighted by Crippen LogP contribution is -2.15. The Hall–Kier alpha value is -4.08. The van der Waals surface area contributed by atoms with E-state index in [9.17, 15) is 4.79 Å². The van der Waals surface area contributed by atoms with Crippen molar-refractivity contribution in [3.63, 3.8) is 0 Å². The smallest absolute Gasteiger partial charge is 0.267 e. The van der Waals surface area contributed by atoms with Crippen LogP contribution in [0.4, 0.5) is 11.4 Å². The quantitative estimate of drug-likeness (QED) is 0.665. The van der Waals surface area contributed by atoms with Gasteiger partial charge in [-0.2, -0.15) is 15.8 Å². The van der Waals surface area contributed by atoms with E-state index in [4.69, 9.17) is 15.8 Å². The molecule has 0 aromatic heterocycles. The first kappa shape index (κ1) is 16.3. The molecule has 0 bridgehead atoms. The van der Waals surface area contributed by atoms with E-state index in [0.29, 0.717) is 22.5 Å². The topological polar surface area (TPSA) is 112 Å². The molecule has 2 rings (SSSR count). The maximum atomic E-state index is 12.2. The Kier molecular flexibility index (Phi) is 5.29. The monoisotopic (exact) mass is 313 g/mol. The Labute approximate surface area is 138 Å². The van der Waals surface area contributed by atoms with Gasteiger partial charge in [0.15, 0.2) is 0 Å². The number of nitriles is 3. The van der Waals surface area contributed by atoms with E-state index >= 15 is 0 Å². The molecule has 1 amide bonds. The van der Waals surface area contributed by atoms with E-state index in [-0.39, 0.29) is 5.57 Å². The molecule has 0 spiro atoms. The van der Waals surface area contributed by atoms with Crippen molar-refractivity contribution in [2.24, 2.45) is 0 Å². The predicted molar refractivity (Wildman–Crippen MR) is 88.3 cm³/mol. The van der Waals surface area contributed by atoms with Crippen molar-refractivity contribution in [1.82, 2.24) is 0 Å². The van der Waals surface area contributed by atoms with Crippen molar-refractivity contribution in [2.75, 3.05) is 10.6 Å². The zero-order valence-corrected chi connectivity index (χ0v) is 12.4. The molecule has 0 atom stereocenters. The van der Waals surface area contributed by atoms with Gasteiger partial charge in [0.05, 0.1) is 22.5 Å². The van der Waals surface area contributed by atoms with Gasteiger partial charge in [0.1, 0.15) is 23.8 Å². The number of hydrogen-bond acceptors (Lipinski definition) is 5. The molecule has 2 aromatic carbocycles. The van der Waals surface area contributed by atoms with Gasteiger partial charge >= 0.3 is 0 Å². The lowest BCUT2D eigenvalue weighted by Gasteiger charge is -2.07. The summed E-state index contributed by atoms with van der Waals surface area (Å²) in [6.07, 6.45) is 1.22. The molecule has 0 heterocycles. The Morgan fingerprint density at radius 2 is 1.42 bits per heavy atom. The van der Waals surface area contributed by atoms with Crippen LogP contribution in [0.25, 0.3) is 0 Å². The van der Waals surface area contributed by atoms with Gasteiger partial charge in [-0.3, -0.25) is 4.79 Å². The minimum Gasteiger partial charge on any atom is -0.359 e. The molecule has 0 saturated carbocycles. The van der Waals surface area contributed by atoms with Gasteiger partial charge in [-0.25, -0.2) is 0 Å². The lowest BCUT2D eigenvalue weighted by molar-refractivity contribution is -0.112. The summed E-state index contributed by atoms with van der Waals surface area (Å²) in [5, 5.41) is 32.5. The maximum Gasteiger partial charge on any atom is 0.267 e. The largest absolute Gasteiger partial charge is 0.359 e. The number of amides is 1. The first-order chi connectivity index (χ1) is 11.7. The summed E-state index contributed by atoms with van der Waals surface area (Å²) in [6, 6.07) is 19.0. The lowest BCUT2D eigenvalue weighted by atomic mass is 10.2. The summed E-state index contributed by atoms with van der Waals surface area (Å²) in [5.41, 5.74) is 1.31. The zero-order valence-electron chi connectivity index (χ0n) is 12.4. The summed E-state index contributed by atoms with van der Waals surface area (Å²) in [5.74, 6) is -0.651. The second kappa shape index (κ2) is 7.79. The number of benzene rings is 2. The normalized spacial score (nSPS) is 9.96. The van der Waals surface area contributed by atoms with Crippen LogP contribution in [0.1, 0.15) is 11.1 Å². The first-order valence-electron chi connectivity index (χ1n) is 6.86. The third-order valence-electron chi connectivity index (χ3n) is 3.08. The predicted octanol–water partition coefficient (Wildman–Crippen LogP) is 2.89. The molecule has 24 heavy (non-hydrogen) atoms. The average molecular weight is 313 g/mol. The minimum atomic E-state index is -0.651. The van der Waals surface area contributed by atoms with E-state index in [1.807, 2.05) is 12.1 Å². The molecule has 2 aromatic rings. The van der Waals surface area contributed by atoms with Crippen molar-refractivity contribution >= 4 is 17.3 Å². The second-order valence-electron chi connectivity index (χ2n) is 4.58. The van der Waals surface area contributed by atoms with Crippen molar-refractivity contribution in [3.8, 4) is 18.2 Å². The fourth-order valence-electron chi connectivity index (χ4n) is 1.88. The average Bonchev–Trinajstić information content (AvgIpc) is 2.63. The van der Waals surface area contributed by atoms with Crippen LogP contribution in [-0.2, 0) is 4.79 Å². The van der Waals surface area contributed by atoms with Gasteiger partial charge in [0.25, 0.3) is 5.91 Å². The molecule has 0 unspecified atom stereocenters. The molecule has 0 radical (unpaired) electrons. The van der Waals surface area contributed by atoms with Crippen LogP contribution in [-0.4, -0.2) is 5.91 Å². The van der Waals surface area contributed by atoms with E-state index < -0.39 is 5.91 Å². The van der Waals surface area contributed by atoms with Crippen LogP contribution in [0.5, 0.6) is 0 Å². The number of rotatable bonds is 4. The fraction of sp³-hybridized carbons (Fsp3) is 0. The van der Waals surface area contributed by atoms with Crippen molar-refractivity contribution < 1.29 is 4.79 Å². The highest BCUT2D eigenvalue weighted by molar-refractivity contribution is 6.07. The zero-order chi connectivity index (χ0) is 17.4. The Morgan fingerprint density at radius 1 is 0.875 bits per heavy atom. The fourth-order valence-corrected chi connectivity index (χ4v) is 1.88. The molecular weight excluding hydrogens is 302 g/mol. The van der Waals surface area contributed by atoms with Crippen LogP contribution in [0.3, 0.4) is 0 Å². The van der Waals surface area contributed by atoms with Crippen LogP contribution in [0.15, 0.2) is 60.3 Å². The number of carbonyl (C=O) groups is 1. The number of para-hydroxylation sites is 2. The first-order valence-corrected chi connectivity index (χ1v) is 6.86. The van der Waals surface area contributed by atoms with E-state index in [1.165, 1.54) is 6.20 Å². The van der Waals surface area contributed by atoms with Crippen molar-refractivity contribution in [3.05, 3.63) is 71.4 Å². The third-order valence-corrected chi connectivity index (χ3v) is 3.08. The van der Waals surface area contributed by atoms with E-state index in [0.717, 1.165) is 0 Å². The summed E-state index contributed by atoms with van der Waals surface area (Å²) >= 11 is 0. The van der Waals surface area contributed by atoms with Crippen molar-refractivity contribution in [1.29, 1.82) is 15.8 Å². The van der Waals surface area contributed by atoms with E-state index in [2.05, 4.69) is 10.6 Å². The number of anilines is 2. The van der Waals surface area contributed by atoms with Gasteiger partial charge in [-0.15, -0.1) is 0 Å². The van der Waals surface area contributed by atoms with Crippen molar-refractivity contribution in [2.45, 2.75) is 0 Å². The summed E-state index contributed by atoms with van der Waals surface area (Å²) in [7, 11) is 0. The number of nitrogens with one attached hydrogen (secondary N) is 2. The molecular formula is C18H11N5O. The Balaban J connectivity index is 2.19. The van der Waals surface area contributed by atoms with Crippen LogP contribution >= 0.6 is 0 Å². The van der Waals surface area contributed by atoms with Gasteiger partial charge in [-0.05, 0) is 24.3 Å². The van der Waals surface area contributed by atoms with Crippen LogP contribution < -0.4 is 10.6 Å². The molecule has 6 nitrogen and oxygen atoms in total. The molecule has 0 saturated heterocycles. The summed E-state index contributed by atoms with van der Waals surface area (Å²) in [4.78, 5) is 12.2. The molecule has 114 valence electrons. The van der Waals surface area contributed by atoms with Gasteiger partial charge in [0, 0.05) is 6.20 Å². The third kappa shape index (κ3) is 3.76. The van der Waals surface area contributed by atoms with Crippen LogP contribution in [0, 0.1) is 34.0 Å². The molecule has 0 fully saturated rings. The highest BCUT2D eigenvalue weighted by Crippen LogP contribution is 2.16. The number of carbonyl (C=O) groups excluding carboxylic acids is 1. The second-order valence-corrected chi connectivity index (χ2v) is 4.58. The Morgan fingerprint density at radius 3 is 2.00 bits per heavy atom. The molecule has 0 aliphatic rings. The van der Waals surface area contributed by atoms with Gasteiger partial charge in [0.2, 0.25) is 0 Å². The van der Waals surface area contributed by atoms with Crippen LogP contribution in [0.2, 0.25) is 0 Å². The Bertz CT molecular complexity index is 925. The highest BCUT2D eigenvalue weighted by atomic mass is 16.1. The minimum absolute atomic E-state index is 0.185. The summed E-state index contributed by atoms with van der Waals surface area (Å²) < 4.78 is 0. The molecule has 2 N–H and O–H groups in total. The maximum absolute atomic E-state index is 12.2. The molecule has 0 aliphatic heterocycles. The number of nitrogens with zero attached hydrogens (tertiary/aromatic N) is 3. The van der Waals surface area contributed by atoms with Gasteiger partial charge in [-0.1, -0.05) is 24.3 Å². The number of hydrogen-bond donors (Lipinski definition) is 2. The molecule has 0 aliphatic carbocycles. The summed E-state index contributed by atoms with van der Waals surface area (Å²) in [6.45, 7) is 0. The van der Waals surface area contributed by atoms with E-state index in [1.54, 1.807) is 54.6 Å².